The summed E-state index contributed by atoms with van der Waals surface area (Å²) in [5.41, 5.74) is 2.61. The molecule has 1 aliphatic heterocycles. The van der Waals surface area contributed by atoms with Crippen molar-refractivity contribution in [2.45, 2.75) is 6.54 Å². The summed E-state index contributed by atoms with van der Waals surface area (Å²) < 4.78 is 6.53. The van der Waals surface area contributed by atoms with E-state index < -0.39 is 0 Å². The van der Waals surface area contributed by atoms with Gasteiger partial charge in [-0.25, -0.2) is 0 Å². The lowest BCUT2D eigenvalue weighted by Gasteiger charge is -2.22. The molecule has 4 N–H and O–H groups in total. The SMILES string of the molecule is Brc1ccc2[nH]cc(C[NH2+]CC[NH+]3CCOCC3)c2c1. The van der Waals surface area contributed by atoms with Gasteiger partial charge in [0.25, 0.3) is 0 Å². The fourth-order valence-corrected chi connectivity index (χ4v) is 3.15. The Bertz CT molecular complexity index is 563. The molecule has 0 unspecified atom stereocenters. The molecule has 0 bridgehead atoms. The second kappa shape index (κ2) is 6.72. The number of hydrogen-bond acceptors (Lipinski definition) is 1. The van der Waals surface area contributed by atoms with E-state index in [0.29, 0.717) is 0 Å². The number of morpholine rings is 1. The number of hydrogen-bond donors (Lipinski definition) is 3. The van der Waals surface area contributed by atoms with E-state index in [1.54, 1.807) is 4.90 Å². The van der Waals surface area contributed by atoms with Gasteiger partial charge in [0.15, 0.2) is 0 Å². The molecular formula is C15H22BrN3O+2. The van der Waals surface area contributed by atoms with Gasteiger partial charge in [0.05, 0.1) is 13.2 Å². The molecule has 108 valence electrons. The van der Waals surface area contributed by atoms with Crippen LogP contribution >= 0.6 is 15.9 Å². The fourth-order valence-electron chi connectivity index (χ4n) is 2.79. The van der Waals surface area contributed by atoms with Crippen molar-refractivity contribution in [3.63, 3.8) is 0 Å². The lowest BCUT2D eigenvalue weighted by atomic mass is 10.2. The molecule has 0 atom stereocenters. The zero-order valence-corrected chi connectivity index (χ0v) is 13.2. The third-order valence-electron chi connectivity index (χ3n) is 4.00. The van der Waals surface area contributed by atoms with Crippen molar-refractivity contribution < 1.29 is 15.0 Å². The number of ether oxygens (including phenoxy) is 1. The summed E-state index contributed by atoms with van der Waals surface area (Å²) >= 11 is 3.55. The van der Waals surface area contributed by atoms with E-state index in [4.69, 9.17) is 4.74 Å². The summed E-state index contributed by atoms with van der Waals surface area (Å²) in [4.78, 5) is 5.02. The molecule has 0 radical (unpaired) electrons. The van der Waals surface area contributed by atoms with E-state index in [-0.39, 0.29) is 0 Å². The monoisotopic (exact) mass is 339 g/mol. The lowest BCUT2D eigenvalue weighted by Crippen LogP contribution is -3.16. The number of fused-ring (bicyclic) bond motifs is 1. The summed E-state index contributed by atoms with van der Waals surface area (Å²) in [6.45, 7) is 7.62. The zero-order valence-electron chi connectivity index (χ0n) is 11.6. The molecule has 0 saturated carbocycles. The summed E-state index contributed by atoms with van der Waals surface area (Å²) in [6.07, 6.45) is 2.13. The number of aromatic amines is 1. The van der Waals surface area contributed by atoms with Gasteiger partial charge in [-0.05, 0) is 18.2 Å². The van der Waals surface area contributed by atoms with Crippen molar-refractivity contribution in [2.75, 3.05) is 39.4 Å². The molecule has 4 nitrogen and oxygen atoms in total. The molecule has 3 rings (SSSR count). The van der Waals surface area contributed by atoms with E-state index in [9.17, 15) is 0 Å². The van der Waals surface area contributed by atoms with Crippen LogP contribution in [0.1, 0.15) is 5.56 Å². The van der Waals surface area contributed by atoms with Crippen LogP contribution in [0.25, 0.3) is 10.9 Å². The minimum atomic E-state index is 0.922. The van der Waals surface area contributed by atoms with Gasteiger partial charge in [0.2, 0.25) is 0 Å². The highest BCUT2D eigenvalue weighted by Gasteiger charge is 2.14. The largest absolute Gasteiger partial charge is 0.370 e. The molecule has 0 aliphatic carbocycles. The van der Waals surface area contributed by atoms with Crippen molar-refractivity contribution >= 4 is 26.8 Å². The van der Waals surface area contributed by atoms with Crippen LogP contribution in [0, 0.1) is 0 Å². The number of nitrogens with one attached hydrogen (secondary N) is 2. The Balaban J connectivity index is 1.50. The van der Waals surface area contributed by atoms with Gasteiger partial charge >= 0.3 is 0 Å². The van der Waals surface area contributed by atoms with Crippen LogP contribution in [0.15, 0.2) is 28.9 Å². The lowest BCUT2D eigenvalue weighted by molar-refractivity contribution is -0.920. The number of nitrogens with two attached hydrogens (primary N) is 1. The van der Waals surface area contributed by atoms with E-state index in [1.165, 1.54) is 29.6 Å². The summed E-state index contributed by atoms with van der Waals surface area (Å²) in [5, 5.41) is 3.74. The van der Waals surface area contributed by atoms with E-state index in [1.807, 2.05) is 0 Å². The molecule has 2 heterocycles. The van der Waals surface area contributed by atoms with E-state index >= 15 is 0 Å². The van der Waals surface area contributed by atoms with Gasteiger partial charge in [-0.15, -0.1) is 0 Å². The standard InChI is InChI=1S/C15H20BrN3O/c16-13-1-2-15-14(9-13)12(11-18-15)10-17-3-4-19-5-7-20-8-6-19/h1-2,9,11,17-18H,3-8,10H2/p+2. The van der Waals surface area contributed by atoms with Crippen LogP contribution in [-0.2, 0) is 11.3 Å². The Kier molecular flexibility index (Phi) is 4.73. The fraction of sp³-hybridized carbons (Fsp3) is 0.467. The first kappa shape index (κ1) is 14.1. The average molecular weight is 340 g/mol. The maximum Gasteiger partial charge on any atom is 0.127 e. The van der Waals surface area contributed by atoms with Crippen LogP contribution < -0.4 is 10.2 Å². The second-order valence-electron chi connectivity index (χ2n) is 5.40. The summed E-state index contributed by atoms with van der Waals surface area (Å²) in [5.74, 6) is 0. The molecule has 0 amide bonds. The van der Waals surface area contributed by atoms with Crippen molar-refractivity contribution in [1.82, 2.24) is 4.98 Å². The molecule has 1 saturated heterocycles. The summed E-state index contributed by atoms with van der Waals surface area (Å²) in [7, 11) is 0. The maximum absolute atomic E-state index is 5.38. The minimum absolute atomic E-state index is 0.922. The van der Waals surface area contributed by atoms with Crippen LogP contribution in [0.5, 0.6) is 0 Å². The Morgan fingerprint density at radius 3 is 3.00 bits per heavy atom. The van der Waals surface area contributed by atoms with Crippen LogP contribution in [-0.4, -0.2) is 44.4 Å². The third kappa shape index (κ3) is 3.41. The van der Waals surface area contributed by atoms with Gasteiger partial charge in [-0.1, -0.05) is 15.9 Å². The second-order valence-corrected chi connectivity index (χ2v) is 6.31. The van der Waals surface area contributed by atoms with Crippen LogP contribution in [0.3, 0.4) is 0 Å². The van der Waals surface area contributed by atoms with Crippen LogP contribution in [0.4, 0.5) is 0 Å². The quantitative estimate of drug-likeness (QED) is 0.655. The van der Waals surface area contributed by atoms with E-state index in [2.05, 4.69) is 50.6 Å². The first-order valence-electron chi connectivity index (χ1n) is 7.31. The Morgan fingerprint density at radius 1 is 1.30 bits per heavy atom. The Morgan fingerprint density at radius 2 is 2.15 bits per heavy atom. The normalized spacial score (nSPS) is 16.9. The van der Waals surface area contributed by atoms with Gasteiger partial charge in [-0.2, -0.15) is 0 Å². The molecule has 1 aliphatic rings. The van der Waals surface area contributed by atoms with Crippen molar-refractivity contribution in [2.24, 2.45) is 0 Å². The highest BCUT2D eigenvalue weighted by Crippen LogP contribution is 2.21. The van der Waals surface area contributed by atoms with E-state index in [0.717, 1.165) is 37.3 Å². The smallest absolute Gasteiger partial charge is 0.127 e. The topological polar surface area (TPSA) is 46.1 Å². The highest BCUT2D eigenvalue weighted by molar-refractivity contribution is 9.10. The number of rotatable bonds is 5. The van der Waals surface area contributed by atoms with Gasteiger partial charge in [0, 0.05) is 27.1 Å². The Hall–Kier alpha value is -0.880. The number of H-pyrrole nitrogens is 1. The molecule has 1 fully saturated rings. The number of benzene rings is 1. The molecule has 2 aromatic rings. The predicted molar refractivity (Wildman–Crippen MR) is 82.9 cm³/mol. The van der Waals surface area contributed by atoms with Gasteiger partial charge in [-0.3, -0.25) is 0 Å². The molecule has 20 heavy (non-hydrogen) atoms. The van der Waals surface area contributed by atoms with Gasteiger partial charge < -0.3 is 19.9 Å². The molecule has 5 heteroatoms. The first-order valence-corrected chi connectivity index (χ1v) is 8.11. The molecule has 1 aromatic carbocycles. The first-order chi connectivity index (χ1) is 9.83. The number of halogens is 1. The summed E-state index contributed by atoms with van der Waals surface area (Å²) in [6, 6.07) is 6.40. The third-order valence-corrected chi connectivity index (χ3v) is 4.49. The van der Waals surface area contributed by atoms with Gasteiger partial charge in [0.1, 0.15) is 32.7 Å². The number of quaternary nitrogens is 2. The molecule has 0 spiro atoms. The van der Waals surface area contributed by atoms with Crippen molar-refractivity contribution in [3.05, 3.63) is 34.4 Å². The maximum atomic E-state index is 5.38. The van der Waals surface area contributed by atoms with Crippen molar-refractivity contribution in [1.29, 1.82) is 0 Å². The zero-order chi connectivity index (χ0) is 13.8. The molecular weight excluding hydrogens is 318 g/mol. The minimum Gasteiger partial charge on any atom is -0.370 e. The average Bonchev–Trinajstić information content (AvgIpc) is 2.87. The molecule has 1 aromatic heterocycles. The highest BCUT2D eigenvalue weighted by atomic mass is 79.9. The van der Waals surface area contributed by atoms with Crippen molar-refractivity contribution in [3.8, 4) is 0 Å². The Labute approximate surface area is 127 Å². The number of aromatic nitrogens is 1. The van der Waals surface area contributed by atoms with Crippen LogP contribution in [0.2, 0.25) is 0 Å². The predicted octanol–water partition coefficient (Wildman–Crippen LogP) is -0.0911.